The molecule has 0 rings (SSSR count). The predicted molar refractivity (Wildman–Crippen MR) is 325 cm³/mol. The Morgan fingerprint density at radius 1 is 0.280 bits per heavy atom. The van der Waals surface area contributed by atoms with E-state index in [0.717, 1.165) is 122 Å². The Bertz CT molecular complexity index is 1430. The van der Waals surface area contributed by atoms with E-state index in [2.05, 4.69) is 106 Å². The van der Waals surface area contributed by atoms with Gasteiger partial charge in [-0.25, -0.2) is 0 Å². The van der Waals surface area contributed by atoms with Crippen molar-refractivity contribution in [2.45, 2.75) is 322 Å². The molecule has 0 aliphatic rings. The van der Waals surface area contributed by atoms with Crippen LogP contribution in [0, 0.1) is 0 Å². The monoisotopic (exact) mass is 1040 g/mol. The highest BCUT2D eigenvalue weighted by Crippen LogP contribution is 2.17. The van der Waals surface area contributed by atoms with Crippen molar-refractivity contribution in [1.82, 2.24) is 0 Å². The van der Waals surface area contributed by atoms with Crippen molar-refractivity contribution >= 4 is 17.9 Å². The van der Waals surface area contributed by atoms with E-state index in [1.54, 1.807) is 0 Å². The number of ether oxygens (including phenoxy) is 3. The topological polar surface area (TPSA) is 78.9 Å². The van der Waals surface area contributed by atoms with Gasteiger partial charge in [-0.2, -0.15) is 0 Å². The lowest BCUT2D eigenvalue weighted by molar-refractivity contribution is -0.167. The minimum Gasteiger partial charge on any atom is -0.462 e. The van der Waals surface area contributed by atoms with Crippen LogP contribution in [0.5, 0.6) is 0 Å². The lowest BCUT2D eigenvalue weighted by atomic mass is 10.0. The first-order valence-electron chi connectivity index (χ1n) is 32.1. The molecule has 432 valence electrons. The van der Waals surface area contributed by atoms with Crippen molar-refractivity contribution in [3.8, 4) is 0 Å². The van der Waals surface area contributed by atoms with E-state index in [0.29, 0.717) is 19.3 Å². The third-order valence-corrected chi connectivity index (χ3v) is 13.9. The minimum absolute atomic E-state index is 0.0818. The zero-order chi connectivity index (χ0) is 54.3. The molecule has 0 aliphatic carbocycles. The van der Waals surface area contributed by atoms with Crippen LogP contribution in [0.25, 0.3) is 0 Å². The van der Waals surface area contributed by atoms with Gasteiger partial charge in [-0.1, -0.05) is 292 Å². The molecule has 0 saturated heterocycles. The first-order chi connectivity index (χ1) is 37.0. The number of rotatable bonds is 58. The minimum atomic E-state index is -0.785. The molecule has 0 fully saturated rings. The SMILES string of the molecule is CC/C=C\C/C=C\C/C=C\C/C=C\CCCCCCCCCCCCC(=O)OCC(COC(=O)CCCCCCC/C=C\C/C=C\C/C=C\CC)OC(=O)CCCCCCCCCCCCCCCCCCCCC. The number of hydrogen-bond donors (Lipinski definition) is 0. The Labute approximate surface area is 465 Å². The zero-order valence-corrected chi connectivity index (χ0v) is 49.6. The maximum Gasteiger partial charge on any atom is 0.306 e. The van der Waals surface area contributed by atoms with Gasteiger partial charge in [0, 0.05) is 19.3 Å². The third-order valence-electron chi connectivity index (χ3n) is 13.9. The Hall–Kier alpha value is -3.41. The largest absolute Gasteiger partial charge is 0.462 e. The van der Waals surface area contributed by atoms with Gasteiger partial charge in [0.2, 0.25) is 0 Å². The number of hydrogen-bond acceptors (Lipinski definition) is 6. The van der Waals surface area contributed by atoms with Crippen LogP contribution in [0.4, 0.5) is 0 Å². The summed E-state index contributed by atoms with van der Waals surface area (Å²) < 4.78 is 16.9. The summed E-state index contributed by atoms with van der Waals surface area (Å²) >= 11 is 0. The molecule has 0 aromatic heterocycles. The molecule has 0 N–H and O–H groups in total. The van der Waals surface area contributed by atoms with Crippen molar-refractivity contribution in [1.29, 1.82) is 0 Å². The van der Waals surface area contributed by atoms with Gasteiger partial charge in [0.1, 0.15) is 13.2 Å². The second kappa shape index (κ2) is 63.1. The third kappa shape index (κ3) is 61.3. The number of esters is 3. The summed E-state index contributed by atoms with van der Waals surface area (Å²) in [7, 11) is 0. The molecule has 6 heteroatoms. The number of carbonyl (C=O) groups is 3. The van der Waals surface area contributed by atoms with Crippen LogP contribution in [0.2, 0.25) is 0 Å². The number of allylic oxidation sites excluding steroid dienone is 14. The maximum absolute atomic E-state index is 12.9. The van der Waals surface area contributed by atoms with Crippen molar-refractivity contribution < 1.29 is 28.6 Å². The molecule has 0 spiro atoms. The van der Waals surface area contributed by atoms with E-state index in [1.807, 2.05) is 0 Å². The first-order valence-corrected chi connectivity index (χ1v) is 32.1. The Balaban J connectivity index is 4.35. The van der Waals surface area contributed by atoms with Crippen LogP contribution in [0.1, 0.15) is 316 Å². The fourth-order valence-electron chi connectivity index (χ4n) is 9.16. The molecular weight excluding hydrogens is 925 g/mol. The number of unbranched alkanes of at least 4 members (excludes halogenated alkanes) is 33. The lowest BCUT2D eigenvalue weighted by Crippen LogP contribution is -2.30. The van der Waals surface area contributed by atoms with Gasteiger partial charge in [0.25, 0.3) is 0 Å². The number of carbonyl (C=O) groups excluding carboxylic acids is 3. The van der Waals surface area contributed by atoms with Crippen LogP contribution >= 0.6 is 0 Å². The Morgan fingerprint density at radius 2 is 0.520 bits per heavy atom. The molecule has 0 amide bonds. The highest BCUT2D eigenvalue weighted by molar-refractivity contribution is 5.71. The molecule has 75 heavy (non-hydrogen) atoms. The summed E-state index contributed by atoms with van der Waals surface area (Å²) in [5.74, 6) is -0.888. The molecule has 0 heterocycles. The van der Waals surface area contributed by atoms with E-state index >= 15 is 0 Å². The van der Waals surface area contributed by atoms with E-state index in [4.69, 9.17) is 14.2 Å². The summed E-state index contributed by atoms with van der Waals surface area (Å²) in [4.78, 5) is 38.3. The van der Waals surface area contributed by atoms with E-state index in [-0.39, 0.29) is 31.1 Å². The van der Waals surface area contributed by atoms with Crippen molar-refractivity contribution in [3.63, 3.8) is 0 Å². The summed E-state index contributed by atoms with van der Waals surface area (Å²) in [6.07, 6.45) is 83.0. The Morgan fingerprint density at radius 3 is 0.813 bits per heavy atom. The molecule has 0 bridgehead atoms. The lowest BCUT2D eigenvalue weighted by Gasteiger charge is -2.18. The van der Waals surface area contributed by atoms with Gasteiger partial charge in [0.05, 0.1) is 0 Å². The van der Waals surface area contributed by atoms with Crippen molar-refractivity contribution in [3.05, 3.63) is 85.1 Å². The Kier molecular flexibility index (Phi) is 60.3. The van der Waals surface area contributed by atoms with Crippen molar-refractivity contribution in [2.75, 3.05) is 13.2 Å². The van der Waals surface area contributed by atoms with Gasteiger partial charge < -0.3 is 14.2 Å². The average molecular weight is 1050 g/mol. The summed E-state index contributed by atoms with van der Waals surface area (Å²) in [6.45, 7) is 6.44. The molecule has 0 aliphatic heterocycles. The average Bonchev–Trinajstić information content (AvgIpc) is 3.41. The maximum atomic E-state index is 12.9. The molecular formula is C69H120O6. The first kappa shape index (κ1) is 71.6. The second-order valence-electron chi connectivity index (χ2n) is 21.3. The van der Waals surface area contributed by atoms with Crippen LogP contribution in [0.15, 0.2) is 85.1 Å². The predicted octanol–water partition coefficient (Wildman–Crippen LogP) is 21.9. The van der Waals surface area contributed by atoms with E-state index in [1.165, 1.54) is 154 Å². The summed E-state index contributed by atoms with van der Waals surface area (Å²) in [5, 5.41) is 0. The van der Waals surface area contributed by atoms with Crippen LogP contribution in [-0.4, -0.2) is 37.2 Å². The summed E-state index contributed by atoms with van der Waals surface area (Å²) in [6, 6.07) is 0. The molecule has 1 atom stereocenters. The quantitative estimate of drug-likeness (QED) is 0.0261. The molecule has 0 saturated carbocycles. The molecule has 0 radical (unpaired) electrons. The second-order valence-corrected chi connectivity index (χ2v) is 21.3. The fourth-order valence-corrected chi connectivity index (χ4v) is 9.16. The van der Waals surface area contributed by atoms with Crippen LogP contribution < -0.4 is 0 Å². The zero-order valence-electron chi connectivity index (χ0n) is 49.6. The summed E-state index contributed by atoms with van der Waals surface area (Å²) in [5.41, 5.74) is 0. The van der Waals surface area contributed by atoms with Crippen molar-refractivity contribution in [2.24, 2.45) is 0 Å². The highest BCUT2D eigenvalue weighted by Gasteiger charge is 2.19. The van der Waals surface area contributed by atoms with Gasteiger partial charge in [-0.3, -0.25) is 14.4 Å². The van der Waals surface area contributed by atoms with Gasteiger partial charge in [-0.15, -0.1) is 0 Å². The van der Waals surface area contributed by atoms with Gasteiger partial charge in [-0.05, 0) is 89.9 Å². The van der Waals surface area contributed by atoms with Gasteiger partial charge >= 0.3 is 17.9 Å². The fraction of sp³-hybridized carbons (Fsp3) is 0.754. The normalized spacial score (nSPS) is 12.6. The molecule has 0 aromatic rings. The van der Waals surface area contributed by atoms with Crippen LogP contribution in [0.3, 0.4) is 0 Å². The molecule has 0 aromatic carbocycles. The van der Waals surface area contributed by atoms with Gasteiger partial charge in [0.15, 0.2) is 6.10 Å². The highest BCUT2D eigenvalue weighted by atomic mass is 16.6. The van der Waals surface area contributed by atoms with E-state index in [9.17, 15) is 14.4 Å². The molecule has 6 nitrogen and oxygen atoms in total. The molecule has 1 unspecified atom stereocenters. The van der Waals surface area contributed by atoms with E-state index < -0.39 is 6.10 Å². The van der Waals surface area contributed by atoms with Crippen LogP contribution in [-0.2, 0) is 28.6 Å². The smallest absolute Gasteiger partial charge is 0.306 e. The standard InChI is InChI=1S/C69H120O6/c1-4-7-10-13-16-19-22-25-28-30-32-33-34-35-37-38-41-44-47-50-53-56-59-62-68(71)74-65-66(64-73-67(70)61-58-55-52-49-46-43-40-27-24-21-18-15-12-9-6-3)75-69(72)63-60-57-54-51-48-45-42-39-36-31-29-26-23-20-17-14-11-8-5-2/h7,9-10,12,16,18-19,21,25,27-28,32-33,40,66H,4-6,8,11,13-15,17,20,22-24,26,29-31,34-39,41-65H2,1-3H3/b10-7-,12-9-,19-16-,21-18-,28-25-,33-32-,40-27-.